The summed E-state index contributed by atoms with van der Waals surface area (Å²) in [5.74, 6) is 0. The molecule has 1 heteroatoms. The fourth-order valence-corrected chi connectivity index (χ4v) is 4.55. The van der Waals surface area contributed by atoms with Crippen LogP contribution < -0.4 is 0 Å². The van der Waals surface area contributed by atoms with Gasteiger partial charge in [0.05, 0.1) is 10.9 Å². The first-order valence-corrected chi connectivity index (χ1v) is 8.30. The van der Waals surface area contributed by atoms with E-state index >= 15 is 0 Å². The fourth-order valence-electron chi connectivity index (χ4n) is 2.38. The van der Waals surface area contributed by atoms with E-state index in [-0.39, 0.29) is 10.9 Å². The second kappa shape index (κ2) is 6.15. The molecule has 0 radical (unpaired) electrons. The minimum Gasteiger partial charge on any atom is -0.0792 e. The van der Waals surface area contributed by atoms with Gasteiger partial charge in [0.25, 0.3) is 0 Å². The van der Waals surface area contributed by atoms with Crippen molar-refractivity contribution >= 4 is 10.9 Å². The van der Waals surface area contributed by atoms with Crippen LogP contribution in [0.4, 0.5) is 0 Å². The summed E-state index contributed by atoms with van der Waals surface area (Å²) in [4.78, 5) is 4.25. The summed E-state index contributed by atoms with van der Waals surface area (Å²) >= 11 is 0. The maximum Gasteiger partial charge on any atom is 0.166 e. The molecule has 0 heterocycles. The second-order valence-electron chi connectivity index (χ2n) is 5.02. The SMILES string of the molecule is Cc1ccc([S+](C2=CCCC=C2)c2ccccc2)cc1. The molecular weight excluding hydrogens is 260 g/mol. The topological polar surface area (TPSA) is 0 Å². The van der Waals surface area contributed by atoms with Gasteiger partial charge in [0.2, 0.25) is 0 Å². The van der Waals surface area contributed by atoms with E-state index in [2.05, 4.69) is 79.7 Å². The Labute approximate surface area is 124 Å². The highest BCUT2D eigenvalue weighted by Gasteiger charge is 2.29. The molecule has 0 nitrogen and oxygen atoms in total. The highest BCUT2D eigenvalue weighted by Crippen LogP contribution is 2.32. The minimum absolute atomic E-state index is 0.0283. The lowest BCUT2D eigenvalue weighted by molar-refractivity contribution is 1.03. The van der Waals surface area contributed by atoms with E-state index in [1.54, 1.807) is 0 Å². The van der Waals surface area contributed by atoms with E-state index in [1.807, 2.05) is 0 Å². The van der Waals surface area contributed by atoms with Crippen LogP contribution in [0.2, 0.25) is 0 Å². The van der Waals surface area contributed by atoms with Crippen LogP contribution in [0, 0.1) is 6.92 Å². The summed E-state index contributed by atoms with van der Waals surface area (Å²) in [6.07, 6.45) is 9.33. The summed E-state index contributed by atoms with van der Waals surface area (Å²) in [6, 6.07) is 19.8. The van der Waals surface area contributed by atoms with Gasteiger partial charge in [-0.2, -0.15) is 0 Å². The van der Waals surface area contributed by atoms with Gasteiger partial charge in [-0.1, -0.05) is 42.0 Å². The second-order valence-corrected chi connectivity index (χ2v) is 7.05. The summed E-state index contributed by atoms with van der Waals surface area (Å²) in [5.41, 5.74) is 1.32. The summed E-state index contributed by atoms with van der Waals surface area (Å²) < 4.78 is 0. The Bertz CT molecular complexity index is 621. The minimum atomic E-state index is 0.0283. The zero-order valence-corrected chi connectivity index (χ0v) is 12.6. The molecule has 0 saturated heterocycles. The molecule has 0 saturated carbocycles. The number of hydrogen-bond acceptors (Lipinski definition) is 0. The Morgan fingerprint density at radius 3 is 2.15 bits per heavy atom. The first-order valence-electron chi connectivity index (χ1n) is 7.07. The molecule has 0 spiro atoms. The number of hydrogen-bond donors (Lipinski definition) is 0. The van der Waals surface area contributed by atoms with Crippen LogP contribution in [-0.4, -0.2) is 0 Å². The lowest BCUT2D eigenvalue weighted by Crippen LogP contribution is -2.07. The van der Waals surface area contributed by atoms with Crippen LogP contribution in [0.3, 0.4) is 0 Å². The molecule has 0 amide bonds. The molecule has 100 valence electrons. The van der Waals surface area contributed by atoms with Crippen molar-refractivity contribution in [1.29, 1.82) is 0 Å². The maximum absolute atomic E-state index is 2.40. The van der Waals surface area contributed by atoms with Gasteiger partial charge >= 0.3 is 0 Å². The van der Waals surface area contributed by atoms with Gasteiger partial charge in [0.1, 0.15) is 0 Å². The van der Waals surface area contributed by atoms with Crippen molar-refractivity contribution in [1.82, 2.24) is 0 Å². The molecule has 0 aromatic heterocycles. The number of rotatable bonds is 3. The molecule has 0 fully saturated rings. The molecular formula is C19H19S+. The highest BCUT2D eigenvalue weighted by atomic mass is 32.2. The molecule has 0 N–H and O–H groups in total. The quantitative estimate of drug-likeness (QED) is 0.672. The number of allylic oxidation sites excluding steroid dienone is 3. The van der Waals surface area contributed by atoms with E-state index in [0.717, 1.165) is 6.42 Å². The Morgan fingerprint density at radius 2 is 1.50 bits per heavy atom. The Balaban J connectivity index is 2.06. The van der Waals surface area contributed by atoms with Crippen LogP contribution >= 0.6 is 0 Å². The first-order chi connectivity index (χ1) is 9.84. The van der Waals surface area contributed by atoms with E-state index in [0.29, 0.717) is 0 Å². The summed E-state index contributed by atoms with van der Waals surface area (Å²) in [5, 5.41) is 0. The first kappa shape index (κ1) is 13.3. The molecule has 1 unspecified atom stereocenters. The fraction of sp³-hybridized carbons (Fsp3) is 0.158. The van der Waals surface area contributed by atoms with Crippen molar-refractivity contribution in [3.05, 3.63) is 83.3 Å². The van der Waals surface area contributed by atoms with Crippen LogP contribution in [0.1, 0.15) is 18.4 Å². The highest BCUT2D eigenvalue weighted by molar-refractivity contribution is 8.00. The predicted molar refractivity (Wildman–Crippen MR) is 88.0 cm³/mol. The van der Waals surface area contributed by atoms with Gasteiger partial charge < -0.3 is 0 Å². The predicted octanol–water partition coefficient (Wildman–Crippen LogP) is 5.27. The van der Waals surface area contributed by atoms with Gasteiger partial charge in [-0.05, 0) is 56.2 Å². The van der Waals surface area contributed by atoms with E-state index in [1.165, 1.54) is 26.7 Å². The van der Waals surface area contributed by atoms with Crippen molar-refractivity contribution in [3.8, 4) is 0 Å². The van der Waals surface area contributed by atoms with E-state index < -0.39 is 0 Å². The smallest absolute Gasteiger partial charge is 0.0792 e. The Morgan fingerprint density at radius 1 is 0.800 bits per heavy atom. The molecule has 2 aromatic rings. The van der Waals surface area contributed by atoms with Crippen molar-refractivity contribution in [2.24, 2.45) is 0 Å². The van der Waals surface area contributed by atoms with E-state index in [4.69, 9.17) is 0 Å². The third-order valence-corrected chi connectivity index (χ3v) is 5.69. The lowest BCUT2D eigenvalue weighted by atomic mass is 10.2. The molecule has 0 bridgehead atoms. The molecule has 20 heavy (non-hydrogen) atoms. The van der Waals surface area contributed by atoms with Crippen molar-refractivity contribution in [2.45, 2.75) is 29.6 Å². The maximum atomic E-state index is 2.40. The van der Waals surface area contributed by atoms with Crippen LogP contribution in [0.5, 0.6) is 0 Å². The molecule has 2 aromatic carbocycles. The number of aryl methyl sites for hydroxylation is 1. The monoisotopic (exact) mass is 279 g/mol. The van der Waals surface area contributed by atoms with E-state index in [9.17, 15) is 0 Å². The molecule has 3 rings (SSSR count). The third-order valence-electron chi connectivity index (χ3n) is 3.43. The van der Waals surface area contributed by atoms with Gasteiger partial charge in [-0.15, -0.1) is 0 Å². The Kier molecular flexibility index (Phi) is 4.08. The van der Waals surface area contributed by atoms with Crippen LogP contribution in [0.15, 0.2) is 87.5 Å². The van der Waals surface area contributed by atoms with Crippen LogP contribution in [0.25, 0.3) is 0 Å². The molecule has 1 atom stereocenters. The standard InChI is InChI=1S/C19H19S/c1-16-12-14-19(15-13-16)20(17-8-4-2-5-9-17)18-10-6-3-7-11-18/h2,4-6,8-15H,3,7H2,1H3/q+1. The lowest BCUT2D eigenvalue weighted by Gasteiger charge is -2.11. The summed E-state index contributed by atoms with van der Waals surface area (Å²) in [7, 11) is 0.0283. The molecule has 0 aliphatic heterocycles. The van der Waals surface area contributed by atoms with Crippen LogP contribution in [-0.2, 0) is 10.9 Å². The Hall–Kier alpha value is -1.73. The average molecular weight is 279 g/mol. The zero-order valence-electron chi connectivity index (χ0n) is 11.8. The molecule has 1 aliphatic carbocycles. The summed E-state index contributed by atoms with van der Waals surface area (Å²) in [6.45, 7) is 2.14. The largest absolute Gasteiger partial charge is 0.166 e. The van der Waals surface area contributed by atoms with Gasteiger partial charge in [-0.25, -0.2) is 0 Å². The normalized spacial score (nSPS) is 15.8. The molecule has 1 aliphatic rings. The zero-order chi connectivity index (χ0) is 13.8. The van der Waals surface area contributed by atoms with Crippen molar-refractivity contribution in [3.63, 3.8) is 0 Å². The van der Waals surface area contributed by atoms with Gasteiger partial charge in [-0.3, -0.25) is 0 Å². The van der Waals surface area contributed by atoms with Gasteiger partial charge in [0, 0.05) is 0 Å². The average Bonchev–Trinajstić information content (AvgIpc) is 2.52. The third kappa shape index (κ3) is 2.88. The number of benzene rings is 2. The van der Waals surface area contributed by atoms with Gasteiger partial charge in [0.15, 0.2) is 14.7 Å². The van der Waals surface area contributed by atoms with Crippen molar-refractivity contribution in [2.75, 3.05) is 0 Å². The van der Waals surface area contributed by atoms with Crippen molar-refractivity contribution < 1.29 is 0 Å².